The number of amides is 5. The van der Waals surface area contributed by atoms with Crippen molar-refractivity contribution >= 4 is 23.8 Å². The van der Waals surface area contributed by atoms with Gasteiger partial charge in [-0.25, -0.2) is 9.69 Å². The van der Waals surface area contributed by atoms with E-state index in [2.05, 4.69) is 10.6 Å². The van der Waals surface area contributed by atoms with Crippen LogP contribution in [0.25, 0.3) is 0 Å². The largest absolute Gasteiger partial charge is 0.354 e. The van der Waals surface area contributed by atoms with Crippen LogP contribution in [0, 0.1) is 0 Å². The first-order chi connectivity index (χ1) is 12.4. The Hall–Kier alpha value is -2.12. The van der Waals surface area contributed by atoms with Gasteiger partial charge in [-0.05, 0) is 39.0 Å². The van der Waals surface area contributed by atoms with Gasteiger partial charge >= 0.3 is 6.03 Å². The molecule has 2 saturated heterocycles. The molecule has 0 aromatic heterocycles. The first-order valence-electron chi connectivity index (χ1n) is 9.66. The molecule has 1 saturated carbocycles. The van der Waals surface area contributed by atoms with Crippen LogP contribution >= 0.6 is 0 Å². The van der Waals surface area contributed by atoms with Crippen LogP contribution in [0.15, 0.2) is 0 Å². The Morgan fingerprint density at radius 1 is 1.12 bits per heavy atom. The van der Waals surface area contributed by atoms with Crippen molar-refractivity contribution in [1.82, 2.24) is 20.4 Å². The summed E-state index contributed by atoms with van der Waals surface area (Å²) in [5.74, 6) is -0.667. The van der Waals surface area contributed by atoms with Gasteiger partial charge in [0.2, 0.25) is 11.8 Å². The number of hydrogen-bond acceptors (Lipinski definition) is 4. The van der Waals surface area contributed by atoms with Gasteiger partial charge in [0.25, 0.3) is 5.91 Å². The molecule has 3 aliphatic rings. The van der Waals surface area contributed by atoms with Crippen molar-refractivity contribution in [2.75, 3.05) is 19.6 Å². The summed E-state index contributed by atoms with van der Waals surface area (Å²) in [6, 6.07) is -1.38. The van der Waals surface area contributed by atoms with Gasteiger partial charge < -0.3 is 15.5 Å². The third-order valence-electron chi connectivity index (χ3n) is 5.76. The first-order valence-corrected chi connectivity index (χ1v) is 9.66. The van der Waals surface area contributed by atoms with Crippen molar-refractivity contribution < 1.29 is 19.2 Å². The predicted molar refractivity (Wildman–Crippen MR) is 94.1 cm³/mol. The lowest BCUT2D eigenvalue weighted by atomic mass is 9.97. The maximum atomic E-state index is 12.7. The second kappa shape index (κ2) is 7.63. The highest BCUT2D eigenvalue weighted by Gasteiger charge is 2.54. The van der Waals surface area contributed by atoms with Crippen molar-refractivity contribution in [3.63, 3.8) is 0 Å². The lowest BCUT2D eigenvalue weighted by Gasteiger charge is -2.27. The van der Waals surface area contributed by atoms with Crippen LogP contribution in [0.3, 0.4) is 0 Å². The summed E-state index contributed by atoms with van der Waals surface area (Å²) in [4.78, 5) is 52.3. The fourth-order valence-electron chi connectivity index (χ4n) is 4.17. The van der Waals surface area contributed by atoms with Crippen LogP contribution < -0.4 is 10.6 Å². The third-order valence-corrected chi connectivity index (χ3v) is 5.76. The zero-order valence-electron chi connectivity index (χ0n) is 15.4. The molecule has 0 aromatic carbocycles. The number of nitrogens with zero attached hydrogens (tertiary/aromatic N) is 2. The van der Waals surface area contributed by atoms with Gasteiger partial charge in [0, 0.05) is 26.1 Å². The molecule has 2 aliphatic heterocycles. The first kappa shape index (κ1) is 18.7. The fraction of sp³-hybridized carbons (Fsp3) is 0.778. The molecule has 1 spiro atoms. The predicted octanol–water partition coefficient (Wildman–Crippen LogP) is 0.758. The molecule has 1 atom stereocenters. The maximum absolute atomic E-state index is 12.7. The molecule has 1 unspecified atom stereocenters. The summed E-state index contributed by atoms with van der Waals surface area (Å²) in [5.41, 5.74) is -0.810. The van der Waals surface area contributed by atoms with Gasteiger partial charge in [-0.15, -0.1) is 0 Å². The molecule has 3 fully saturated rings. The number of hydrogen-bond donors (Lipinski definition) is 2. The number of urea groups is 1. The van der Waals surface area contributed by atoms with Crippen molar-refractivity contribution in [1.29, 1.82) is 0 Å². The summed E-state index contributed by atoms with van der Waals surface area (Å²) in [6.07, 6.45) is 6.53. The molecule has 8 nitrogen and oxygen atoms in total. The summed E-state index contributed by atoms with van der Waals surface area (Å²) in [6.45, 7) is 3.34. The van der Waals surface area contributed by atoms with E-state index < -0.39 is 23.5 Å². The zero-order valence-corrected chi connectivity index (χ0v) is 15.4. The van der Waals surface area contributed by atoms with E-state index in [0.717, 1.165) is 50.1 Å². The molecule has 8 heteroatoms. The second-order valence-corrected chi connectivity index (χ2v) is 7.55. The highest BCUT2D eigenvalue weighted by atomic mass is 16.2. The Bertz CT molecular complexity index is 594. The van der Waals surface area contributed by atoms with E-state index in [-0.39, 0.29) is 24.8 Å². The fourth-order valence-corrected chi connectivity index (χ4v) is 4.17. The molecule has 0 bridgehead atoms. The minimum atomic E-state index is -0.882. The number of rotatable bonds is 5. The number of likely N-dealkylation sites (tertiary alicyclic amines) is 1. The number of carbonyl (C=O) groups excluding carboxylic acids is 4. The van der Waals surface area contributed by atoms with Crippen molar-refractivity contribution in [2.24, 2.45) is 0 Å². The van der Waals surface area contributed by atoms with E-state index in [0.29, 0.717) is 12.8 Å². The van der Waals surface area contributed by atoms with Crippen LogP contribution in [0.2, 0.25) is 0 Å². The van der Waals surface area contributed by atoms with E-state index in [4.69, 9.17) is 0 Å². The molecular formula is C18H28N4O4. The quantitative estimate of drug-likeness (QED) is 0.704. The highest BCUT2D eigenvalue weighted by Crippen LogP contribution is 2.35. The van der Waals surface area contributed by atoms with Crippen LogP contribution in [0.4, 0.5) is 4.79 Å². The Morgan fingerprint density at radius 2 is 1.77 bits per heavy atom. The zero-order chi connectivity index (χ0) is 18.7. The summed E-state index contributed by atoms with van der Waals surface area (Å²) in [5, 5.41) is 5.47. The van der Waals surface area contributed by atoms with E-state index in [1.54, 1.807) is 6.92 Å². The molecule has 3 rings (SSSR count). The number of imide groups is 1. The summed E-state index contributed by atoms with van der Waals surface area (Å²) < 4.78 is 0. The van der Waals surface area contributed by atoms with E-state index in [9.17, 15) is 19.2 Å². The molecule has 5 amide bonds. The Morgan fingerprint density at radius 3 is 2.42 bits per heavy atom. The van der Waals surface area contributed by atoms with Crippen LogP contribution in [0.5, 0.6) is 0 Å². The minimum absolute atomic E-state index is 0.0394. The van der Waals surface area contributed by atoms with E-state index in [1.165, 1.54) is 0 Å². The van der Waals surface area contributed by atoms with E-state index >= 15 is 0 Å². The van der Waals surface area contributed by atoms with Crippen LogP contribution in [0.1, 0.15) is 58.3 Å². The Kier molecular flexibility index (Phi) is 5.48. The Labute approximate surface area is 153 Å². The minimum Gasteiger partial charge on any atom is -0.354 e. The molecule has 144 valence electrons. The molecule has 26 heavy (non-hydrogen) atoms. The van der Waals surface area contributed by atoms with E-state index in [1.807, 2.05) is 4.90 Å². The third kappa shape index (κ3) is 3.54. The summed E-state index contributed by atoms with van der Waals surface area (Å²) in [7, 11) is 0. The lowest BCUT2D eigenvalue weighted by Crippen LogP contribution is -2.50. The van der Waals surface area contributed by atoms with Gasteiger partial charge in [0.1, 0.15) is 11.6 Å². The highest BCUT2D eigenvalue weighted by molar-refractivity contribution is 6.10. The van der Waals surface area contributed by atoms with Crippen molar-refractivity contribution in [3.05, 3.63) is 0 Å². The van der Waals surface area contributed by atoms with Crippen molar-refractivity contribution in [3.8, 4) is 0 Å². The molecule has 1 aliphatic carbocycles. The van der Waals surface area contributed by atoms with Crippen LogP contribution in [-0.2, 0) is 14.4 Å². The van der Waals surface area contributed by atoms with Gasteiger partial charge in [0.05, 0.1) is 0 Å². The van der Waals surface area contributed by atoms with Gasteiger partial charge in [-0.3, -0.25) is 14.4 Å². The molecule has 2 N–H and O–H groups in total. The lowest BCUT2D eigenvalue weighted by molar-refractivity contribution is -0.138. The Balaban J connectivity index is 1.49. The average molecular weight is 364 g/mol. The molecule has 0 radical (unpaired) electrons. The summed E-state index contributed by atoms with van der Waals surface area (Å²) >= 11 is 0. The SMILES string of the molecule is CC(C(=O)NCCC(=O)N1CCCCC1)N1C(=O)NC2(CCCC2)C1=O. The standard InChI is InChI=1S/C18H28N4O4/c1-13(22-16(25)18(20-17(22)26)8-3-4-9-18)15(24)19-10-7-14(23)21-11-5-2-6-12-21/h13H,2-12H2,1H3,(H,19,24)(H,20,26). The average Bonchev–Trinajstić information content (AvgIpc) is 3.20. The van der Waals surface area contributed by atoms with Crippen molar-refractivity contribution in [2.45, 2.75) is 69.9 Å². The van der Waals surface area contributed by atoms with Crippen LogP contribution in [-0.4, -0.2) is 64.8 Å². The smallest absolute Gasteiger partial charge is 0.325 e. The van der Waals surface area contributed by atoms with Gasteiger partial charge in [0.15, 0.2) is 0 Å². The normalized spacial score (nSPS) is 23.3. The van der Waals surface area contributed by atoms with Gasteiger partial charge in [-0.2, -0.15) is 0 Å². The second-order valence-electron chi connectivity index (χ2n) is 7.55. The topological polar surface area (TPSA) is 98.8 Å². The number of nitrogens with one attached hydrogen (secondary N) is 2. The number of piperidine rings is 1. The monoisotopic (exact) mass is 364 g/mol. The maximum Gasteiger partial charge on any atom is 0.325 e. The molecule has 2 heterocycles. The molecule has 0 aromatic rings. The molecular weight excluding hydrogens is 336 g/mol. The number of carbonyl (C=O) groups is 4. The van der Waals surface area contributed by atoms with Gasteiger partial charge in [-0.1, -0.05) is 12.8 Å².